The number of aromatic nitrogens is 2. The minimum Gasteiger partial charge on any atom is -0.355 e. The van der Waals surface area contributed by atoms with E-state index in [0.717, 1.165) is 25.7 Å². The molecular formula is C13H22N4O2. The van der Waals surface area contributed by atoms with Crippen LogP contribution < -0.4 is 11.1 Å². The molecular weight excluding hydrogens is 244 g/mol. The van der Waals surface area contributed by atoms with Gasteiger partial charge in [0.2, 0.25) is 11.8 Å². The summed E-state index contributed by atoms with van der Waals surface area (Å²) >= 11 is 0. The Hall–Kier alpha value is -1.43. The third-order valence-corrected chi connectivity index (χ3v) is 3.78. The van der Waals surface area contributed by atoms with Crippen LogP contribution in [0.2, 0.25) is 0 Å². The molecule has 0 bridgehead atoms. The molecule has 0 aliphatic heterocycles. The molecule has 2 unspecified atom stereocenters. The summed E-state index contributed by atoms with van der Waals surface area (Å²) in [5.74, 6) is 1.12. The van der Waals surface area contributed by atoms with Gasteiger partial charge in [-0.05, 0) is 26.7 Å². The topological polar surface area (TPSA) is 94.0 Å². The number of carbonyl (C=O) groups is 1. The van der Waals surface area contributed by atoms with Crippen molar-refractivity contribution in [2.24, 2.45) is 11.7 Å². The fraction of sp³-hybridized carbons (Fsp3) is 0.769. The molecule has 3 N–H and O–H groups in total. The van der Waals surface area contributed by atoms with E-state index >= 15 is 0 Å². The normalized spacial score (nSPS) is 27.2. The van der Waals surface area contributed by atoms with E-state index in [9.17, 15) is 4.79 Å². The van der Waals surface area contributed by atoms with E-state index in [4.69, 9.17) is 10.3 Å². The third-order valence-electron chi connectivity index (χ3n) is 3.78. The lowest BCUT2D eigenvalue weighted by atomic mass is 9.74. The highest BCUT2D eigenvalue weighted by molar-refractivity contribution is 5.80. The van der Waals surface area contributed by atoms with Crippen molar-refractivity contribution < 1.29 is 9.32 Å². The maximum Gasteiger partial charge on any atom is 0.228 e. The Labute approximate surface area is 113 Å². The molecule has 0 aromatic carbocycles. The summed E-state index contributed by atoms with van der Waals surface area (Å²) in [4.78, 5) is 16.2. The van der Waals surface area contributed by atoms with E-state index in [0.29, 0.717) is 24.7 Å². The number of aryl methyl sites for hydroxylation is 1. The highest BCUT2D eigenvalue weighted by Gasteiger charge is 2.37. The number of nitrogens with two attached hydrogens (primary N) is 1. The van der Waals surface area contributed by atoms with E-state index < -0.39 is 0 Å². The van der Waals surface area contributed by atoms with Gasteiger partial charge in [-0.3, -0.25) is 4.79 Å². The van der Waals surface area contributed by atoms with Gasteiger partial charge in [0.25, 0.3) is 0 Å². The zero-order valence-corrected chi connectivity index (χ0v) is 11.6. The Balaban J connectivity index is 1.80. The van der Waals surface area contributed by atoms with E-state index in [1.807, 2.05) is 6.92 Å². The zero-order valence-electron chi connectivity index (χ0n) is 11.6. The Morgan fingerprint density at radius 2 is 2.37 bits per heavy atom. The molecule has 1 fully saturated rings. The van der Waals surface area contributed by atoms with Gasteiger partial charge in [0.15, 0.2) is 5.82 Å². The molecule has 0 spiro atoms. The van der Waals surface area contributed by atoms with Crippen LogP contribution in [0.4, 0.5) is 0 Å². The molecule has 19 heavy (non-hydrogen) atoms. The first-order valence-corrected chi connectivity index (χ1v) is 6.85. The van der Waals surface area contributed by atoms with Crippen LogP contribution in [0.15, 0.2) is 4.52 Å². The van der Waals surface area contributed by atoms with Crippen molar-refractivity contribution in [3.8, 4) is 0 Å². The van der Waals surface area contributed by atoms with Gasteiger partial charge in [0.05, 0.1) is 5.92 Å². The quantitative estimate of drug-likeness (QED) is 0.846. The van der Waals surface area contributed by atoms with Crippen molar-refractivity contribution in [1.29, 1.82) is 0 Å². The number of amides is 1. The summed E-state index contributed by atoms with van der Waals surface area (Å²) in [7, 11) is 0. The molecule has 1 aliphatic carbocycles. The summed E-state index contributed by atoms with van der Waals surface area (Å²) in [5.41, 5.74) is 5.82. The molecule has 1 aromatic rings. The highest BCUT2D eigenvalue weighted by Crippen LogP contribution is 2.31. The molecule has 2 atom stereocenters. The largest absolute Gasteiger partial charge is 0.355 e. The van der Waals surface area contributed by atoms with Crippen LogP contribution in [0, 0.1) is 12.8 Å². The van der Waals surface area contributed by atoms with Gasteiger partial charge in [-0.15, -0.1) is 0 Å². The first-order valence-electron chi connectivity index (χ1n) is 6.85. The molecule has 106 valence electrons. The molecule has 6 nitrogen and oxygen atoms in total. The second kappa shape index (κ2) is 5.69. The fourth-order valence-corrected chi connectivity index (χ4v) is 2.65. The first kappa shape index (κ1) is 14.0. The molecule has 6 heteroatoms. The molecule has 1 aromatic heterocycles. The monoisotopic (exact) mass is 266 g/mol. The zero-order chi connectivity index (χ0) is 13.9. The van der Waals surface area contributed by atoms with Crippen LogP contribution in [0.5, 0.6) is 0 Å². The second-order valence-corrected chi connectivity index (χ2v) is 5.58. The van der Waals surface area contributed by atoms with Crippen LogP contribution in [0.1, 0.15) is 44.3 Å². The molecule has 1 aliphatic rings. The smallest absolute Gasteiger partial charge is 0.228 e. The highest BCUT2D eigenvalue weighted by atomic mass is 16.5. The Morgan fingerprint density at radius 1 is 1.58 bits per heavy atom. The van der Waals surface area contributed by atoms with Crippen LogP contribution in [-0.2, 0) is 11.2 Å². The Bertz CT molecular complexity index is 442. The van der Waals surface area contributed by atoms with Crippen LogP contribution in [0.3, 0.4) is 0 Å². The van der Waals surface area contributed by atoms with E-state index in [1.54, 1.807) is 6.92 Å². The van der Waals surface area contributed by atoms with E-state index in [-0.39, 0.29) is 17.4 Å². The number of nitrogens with one attached hydrogen (secondary N) is 1. The standard InChI is InChI=1S/C13H22N4O2/c1-9-16-11(19-17-9)6-8-15-12(18)10-5-3-4-7-13(10,2)14/h10H,3-8,14H2,1-2H3,(H,15,18). The predicted molar refractivity (Wildman–Crippen MR) is 70.3 cm³/mol. The van der Waals surface area contributed by atoms with Crippen LogP contribution >= 0.6 is 0 Å². The maximum atomic E-state index is 12.2. The average molecular weight is 266 g/mol. The summed E-state index contributed by atoms with van der Waals surface area (Å²) in [6.45, 7) is 4.25. The maximum absolute atomic E-state index is 12.2. The molecule has 0 saturated heterocycles. The van der Waals surface area contributed by atoms with Gasteiger partial charge in [0, 0.05) is 18.5 Å². The number of carbonyl (C=O) groups excluding carboxylic acids is 1. The Morgan fingerprint density at radius 3 is 3.00 bits per heavy atom. The summed E-state index contributed by atoms with van der Waals surface area (Å²) in [5, 5.41) is 6.63. The average Bonchev–Trinajstić information content (AvgIpc) is 2.74. The van der Waals surface area contributed by atoms with Crippen LogP contribution in [0.25, 0.3) is 0 Å². The van der Waals surface area contributed by atoms with Gasteiger partial charge in [-0.2, -0.15) is 4.98 Å². The minimum atomic E-state index is -0.386. The van der Waals surface area contributed by atoms with Gasteiger partial charge < -0.3 is 15.6 Å². The van der Waals surface area contributed by atoms with Crippen molar-refractivity contribution in [3.63, 3.8) is 0 Å². The predicted octanol–water partition coefficient (Wildman–Crippen LogP) is 0.944. The minimum absolute atomic E-state index is 0.0425. The summed E-state index contributed by atoms with van der Waals surface area (Å²) in [6, 6.07) is 0. The van der Waals surface area contributed by atoms with Crippen molar-refractivity contribution in [3.05, 3.63) is 11.7 Å². The molecule has 0 radical (unpaired) electrons. The molecule has 2 rings (SSSR count). The van der Waals surface area contributed by atoms with Crippen molar-refractivity contribution in [1.82, 2.24) is 15.5 Å². The number of rotatable bonds is 4. The van der Waals surface area contributed by atoms with Crippen molar-refractivity contribution >= 4 is 5.91 Å². The van der Waals surface area contributed by atoms with Gasteiger partial charge in [-0.25, -0.2) is 0 Å². The Kier molecular flexibility index (Phi) is 4.19. The fourth-order valence-electron chi connectivity index (χ4n) is 2.65. The van der Waals surface area contributed by atoms with Gasteiger partial charge >= 0.3 is 0 Å². The van der Waals surface area contributed by atoms with Gasteiger partial charge in [0.1, 0.15) is 0 Å². The van der Waals surface area contributed by atoms with E-state index in [2.05, 4.69) is 15.5 Å². The summed E-state index contributed by atoms with van der Waals surface area (Å²) in [6.07, 6.45) is 4.53. The molecule has 1 saturated carbocycles. The lowest BCUT2D eigenvalue weighted by molar-refractivity contribution is -0.128. The summed E-state index contributed by atoms with van der Waals surface area (Å²) < 4.78 is 5.00. The van der Waals surface area contributed by atoms with Crippen molar-refractivity contribution in [2.75, 3.05) is 6.54 Å². The SMILES string of the molecule is Cc1noc(CCNC(=O)C2CCCCC2(C)N)n1. The second-order valence-electron chi connectivity index (χ2n) is 5.58. The van der Waals surface area contributed by atoms with Crippen LogP contribution in [-0.4, -0.2) is 28.1 Å². The molecule has 1 heterocycles. The lowest BCUT2D eigenvalue weighted by Crippen LogP contribution is -2.53. The van der Waals surface area contributed by atoms with Gasteiger partial charge in [-0.1, -0.05) is 18.0 Å². The first-order chi connectivity index (χ1) is 8.99. The number of hydrogen-bond acceptors (Lipinski definition) is 5. The number of hydrogen-bond donors (Lipinski definition) is 2. The molecule has 1 amide bonds. The van der Waals surface area contributed by atoms with E-state index in [1.165, 1.54) is 0 Å². The number of nitrogens with zero attached hydrogens (tertiary/aromatic N) is 2. The third kappa shape index (κ3) is 3.53. The van der Waals surface area contributed by atoms with Crippen molar-refractivity contribution in [2.45, 2.75) is 51.5 Å². The lowest BCUT2D eigenvalue weighted by Gasteiger charge is -2.37.